The van der Waals surface area contributed by atoms with Gasteiger partial charge in [0.25, 0.3) is 0 Å². The molecule has 0 aliphatic heterocycles. The Hall–Kier alpha value is -1.95. The van der Waals surface area contributed by atoms with E-state index in [-0.39, 0.29) is 0 Å². The monoisotopic (exact) mass is 297 g/mol. The van der Waals surface area contributed by atoms with Crippen LogP contribution in [0.25, 0.3) is 11.1 Å². The summed E-state index contributed by atoms with van der Waals surface area (Å²) in [6.07, 6.45) is -3.74. The molecular weight excluding hydrogens is 287 g/mol. The van der Waals surface area contributed by atoms with Gasteiger partial charge in [-0.1, -0.05) is 24.3 Å². The van der Waals surface area contributed by atoms with E-state index in [0.29, 0.717) is 12.0 Å². The number of benzene rings is 2. The number of halogens is 3. The molecule has 104 valence electrons. The molecular formula is C14H10F3NOS. The van der Waals surface area contributed by atoms with Crippen molar-refractivity contribution in [3.8, 4) is 11.1 Å². The van der Waals surface area contributed by atoms with Crippen LogP contribution in [-0.4, -0.2) is 6.41 Å². The van der Waals surface area contributed by atoms with Crippen LogP contribution in [0.5, 0.6) is 0 Å². The van der Waals surface area contributed by atoms with Gasteiger partial charge in [0.1, 0.15) is 0 Å². The normalized spacial score (nSPS) is 11.2. The number of rotatable bonds is 4. The lowest BCUT2D eigenvalue weighted by Gasteiger charge is -2.08. The Morgan fingerprint density at radius 1 is 0.900 bits per heavy atom. The molecule has 2 aromatic rings. The summed E-state index contributed by atoms with van der Waals surface area (Å²) in [6.45, 7) is 0. The summed E-state index contributed by atoms with van der Waals surface area (Å²) >= 11 is 1.16. The topological polar surface area (TPSA) is 29.1 Å². The molecule has 0 saturated heterocycles. The van der Waals surface area contributed by atoms with Crippen LogP contribution in [0.4, 0.5) is 13.2 Å². The predicted molar refractivity (Wildman–Crippen MR) is 71.9 cm³/mol. The Balaban J connectivity index is 2.17. The quantitative estimate of drug-likeness (QED) is 0.679. The zero-order valence-corrected chi connectivity index (χ0v) is 11.0. The smallest absolute Gasteiger partial charge is 0.299 e. The maximum absolute atomic E-state index is 12.5. The summed E-state index contributed by atoms with van der Waals surface area (Å²) in [4.78, 5) is 11.0. The van der Waals surface area contributed by atoms with Gasteiger partial charge in [-0.3, -0.25) is 9.52 Å². The van der Waals surface area contributed by atoms with Crippen LogP contribution in [0.2, 0.25) is 0 Å². The van der Waals surface area contributed by atoms with Gasteiger partial charge >= 0.3 is 6.18 Å². The molecule has 0 heterocycles. The third-order valence-corrected chi connectivity index (χ3v) is 3.35. The predicted octanol–water partition coefficient (Wildman–Crippen LogP) is 4.13. The molecule has 1 N–H and O–H groups in total. The van der Waals surface area contributed by atoms with E-state index in [0.717, 1.165) is 34.5 Å². The molecule has 0 radical (unpaired) electrons. The molecule has 20 heavy (non-hydrogen) atoms. The molecule has 2 nitrogen and oxygen atoms in total. The maximum atomic E-state index is 12.5. The van der Waals surface area contributed by atoms with Crippen molar-refractivity contribution < 1.29 is 18.0 Å². The number of amides is 1. The highest BCUT2D eigenvalue weighted by Gasteiger charge is 2.29. The summed E-state index contributed by atoms with van der Waals surface area (Å²) in [6, 6.07) is 12.2. The third kappa shape index (κ3) is 3.54. The van der Waals surface area contributed by atoms with Gasteiger partial charge in [-0.25, -0.2) is 0 Å². The van der Waals surface area contributed by atoms with Crippen LogP contribution in [0, 0.1) is 0 Å². The van der Waals surface area contributed by atoms with Gasteiger partial charge in [0, 0.05) is 4.90 Å². The summed E-state index contributed by atoms with van der Waals surface area (Å²) in [7, 11) is 0. The molecule has 0 fully saturated rings. The van der Waals surface area contributed by atoms with Crippen molar-refractivity contribution in [1.82, 2.24) is 4.72 Å². The van der Waals surface area contributed by atoms with Gasteiger partial charge in [0.05, 0.1) is 5.56 Å². The largest absolute Gasteiger partial charge is 0.416 e. The fraction of sp³-hybridized carbons (Fsp3) is 0.0714. The van der Waals surface area contributed by atoms with Crippen LogP contribution in [0.1, 0.15) is 5.56 Å². The molecule has 0 bridgehead atoms. The lowest BCUT2D eigenvalue weighted by Crippen LogP contribution is -2.03. The Morgan fingerprint density at radius 2 is 1.40 bits per heavy atom. The minimum absolute atomic E-state index is 0.578. The van der Waals surface area contributed by atoms with E-state index in [2.05, 4.69) is 4.72 Å². The highest BCUT2D eigenvalue weighted by molar-refractivity contribution is 7.97. The highest BCUT2D eigenvalue weighted by atomic mass is 32.2. The summed E-state index contributed by atoms with van der Waals surface area (Å²) < 4.78 is 39.8. The number of carbonyl (C=O) groups excluding carboxylic acids is 1. The average molecular weight is 297 g/mol. The van der Waals surface area contributed by atoms with Crippen LogP contribution in [0.15, 0.2) is 53.4 Å². The number of alkyl halides is 3. The molecule has 0 unspecified atom stereocenters. The van der Waals surface area contributed by atoms with Crippen molar-refractivity contribution in [2.24, 2.45) is 0 Å². The first-order valence-electron chi connectivity index (χ1n) is 5.64. The van der Waals surface area contributed by atoms with Gasteiger partial charge in [-0.05, 0) is 47.3 Å². The summed E-state index contributed by atoms with van der Waals surface area (Å²) in [5.74, 6) is 0. The fourth-order valence-corrected chi connectivity index (χ4v) is 2.12. The zero-order chi connectivity index (χ0) is 14.6. The van der Waals surface area contributed by atoms with E-state index in [1.54, 1.807) is 24.3 Å². The average Bonchev–Trinajstić information content (AvgIpc) is 2.45. The molecule has 0 spiro atoms. The maximum Gasteiger partial charge on any atom is 0.416 e. The fourth-order valence-electron chi connectivity index (χ4n) is 1.66. The SMILES string of the molecule is O=CNSc1ccc(-c2ccc(C(F)(F)F)cc2)cc1. The van der Waals surface area contributed by atoms with Crippen molar-refractivity contribution >= 4 is 18.4 Å². The number of hydrogen-bond donors (Lipinski definition) is 1. The Labute approximate surface area is 118 Å². The Kier molecular flexibility index (Phi) is 4.34. The molecule has 0 atom stereocenters. The first-order valence-corrected chi connectivity index (χ1v) is 6.46. The molecule has 0 saturated carbocycles. The highest BCUT2D eigenvalue weighted by Crippen LogP contribution is 2.31. The van der Waals surface area contributed by atoms with Gasteiger partial charge in [-0.2, -0.15) is 13.2 Å². The Morgan fingerprint density at radius 3 is 1.85 bits per heavy atom. The minimum atomic E-state index is -4.32. The second-order valence-electron chi connectivity index (χ2n) is 3.94. The molecule has 1 amide bonds. The van der Waals surface area contributed by atoms with E-state index in [1.165, 1.54) is 12.1 Å². The molecule has 6 heteroatoms. The first kappa shape index (κ1) is 14.5. The van der Waals surface area contributed by atoms with Crippen LogP contribution in [-0.2, 0) is 11.0 Å². The van der Waals surface area contributed by atoms with E-state index in [9.17, 15) is 18.0 Å². The van der Waals surface area contributed by atoms with Crippen molar-refractivity contribution in [3.05, 3.63) is 54.1 Å². The summed E-state index contributed by atoms with van der Waals surface area (Å²) in [5.41, 5.74) is 0.857. The van der Waals surface area contributed by atoms with Crippen LogP contribution >= 0.6 is 11.9 Å². The van der Waals surface area contributed by atoms with Gasteiger partial charge in [0.2, 0.25) is 6.41 Å². The van der Waals surface area contributed by atoms with E-state index in [4.69, 9.17) is 0 Å². The number of carbonyl (C=O) groups is 1. The molecule has 2 rings (SSSR count). The van der Waals surface area contributed by atoms with E-state index < -0.39 is 11.7 Å². The molecule has 2 aromatic carbocycles. The van der Waals surface area contributed by atoms with Gasteiger partial charge in [-0.15, -0.1) is 0 Å². The van der Waals surface area contributed by atoms with Gasteiger partial charge < -0.3 is 0 Å². The second kappa shape index (κ2) is 6.00. The van der Waals surface area contributed by atoms with Crippen molar-refractivity contribution in [2.75, 3.05) is 0 Å². The number of nitrogens with one attached hydrogen (secondary N) is 1. The summed E-state index contributed by atoms with van der Waals surface area (Å²) in [5, 5.41) is 0. The third-order valence-electron chi connectivity index (χ3n) is 2.62. The second-order valence-corrected chi connectivity index (χ2v) is 4.85. The van der Waals surface area contributed by atoms with Crippen LogP contribution in [0.3, 0.4) is 0 Å². The van der Waals surface area contributed by atoms with Crippen LogP contribution < -0.4 is 4.72 Å². The zero-order valence-electron chi connectivity index (χ0n) is 10.1. The standard InChI is InChI=1S/C14H10F3NOS/c15-14(16,17)12-5-1-10(2-6-12)11-3-7-13(8-4-11)20-18-9-19/h1-9H,(H,18,19). The lowest BCUT2D eigenvalue weighted by atomic mass is 10.0. The van der Waals surface area contributed by atoms with Gasteiger partial charge in [0.15, 0.2) is 0 Å². The first-order chi connectivity index (χ1) is 9.50. The van der Waals surface area contributed by atoms with Crippen molar-refractivity contribution in [2.45, 2.75) is 11.1 Å². The Bertz CT molecular complexity index is 579. The molecule has 0 aromatic heterocycles. The van der Waals surface area contributed by atoms with Crippen molar-refractivity contribution in [1.29, 1.82) is 0 Å². The lowest BCUT2D eigenvalue weighted by molar-refractivity contribution is -0.137. The molecule has 0 aliphatic carbocycles. The van der Waals surface area contributed by atoms with Crippen molar-refractivity contribution in [3.63, 3.8) is 0 Å². The van der Waals surface area contributed by atoms with E-state index in [1.807, 2.05) is 0 Å². The van der Waals surface area contributed by atoms with E-state index >= 15 is 0 Å². The number of hydrogen-bond acceptors (Lipinski definition) is 2. The minimum Gasteiger partial charge on any atom is -0.299 e. The molecule has 0 aliphatic rings.